The average Bonchev–Trinajstić information content (AvgIpc) is 3.53. The van der Waals surface area contributed by atoms with E-state index in [1.54, 1.807) is 18.3 Å². The van der Waals surface area contributed by atoms with E-state index in [0.29, 0.717) is 37.6 Å². The number of nitro groups is 1. The van der Waals surface area contributed by atoms with Crippen LogP contribution in [0.4, 0.5) is 22.9 Å². The second-order valence-corrected chi connectivity index (χ2v) is 9.10. The smallest absolute Gasteiger partial charge is 0.294 e. The summed E-state index contributed by atoms with van der Waals surface area (Å²) in [7, 11) is 0. The van der Waals surface area contributed by atoms with Gasteiger partial charge in [-0.15, -0.1) is 0 Å². The summed E-state index contributed by atoms with van der Waals surface area (Å²) in [5.41, 5.74) is 0.712. The number of benzene rings is 1. The van der Waals surface area contributed by atoms with Gasteiger partial charge in [-0.1, -0.05) is 18.2 Å². The summed E-state index contributed by atoms with van der Waals surface area (Å²) in [4.78, 5) is 47.4. The van der Waals surface area contributed by atoms with Crippen molar-refractivity contribution in [3.8, 4) is 0 Å². The first-order valence-electron chi connectivity index (χ1n) is 11.3. The zero-order valence-corrected chi connectivity index (χ0v) is 17.9. The number of carbonyl (C=O) groups excluding carboxylic acids is 2. The quantitative estimate of drug-likeness (QED) is 0.309. The van der Waals surface area contributed by atoms with Crippen LogP contribution in [0, 0.1) is 33.8 Å². The zero-order chi connectivity index (χ0) is 22.7. The summed E-state index contributed by atoms with van der Waals surface area (Å²) in [5, 5.41) is 12.0. The van der Waals surface area contributed by atoms with Gasteiger partial charge in [-0.05, 0) is 42.5 Å². The van der Waals surface area contributed by atoms with Crippen molar-refractivity contribution >= 4 is 34.7 Å². The number of allylic oxidation sites excluding steroid dienone is 2. The molecule has 3 heterocycles. The van der Waals surface area contributed by atoms with Crippen LogP contribution in [-0.4, -0.2) is 47.9 Å². The Kier molecular flexibility index (Phi) is 4.46. The lowest BCUT2D eigenvalue weighted by Crippen LogP contribution is -2.47. The van der Waals surface area contributed by atoms with Crippen LogP contribution >= 0.6 is 0 Å². The van der Waals surface area contributed by atoms with Gasteiger partial charge in [0.15, 0.2) is 0 Å². The third-order valence-corrected chi connectivity index (χ3v) is 7.48. The van der Waals surface area contributed by atoms with Crippen LogP contribution in [0.3, 0.4) is 0 Å². The van der Waals surface area contributed by atoms with Gasteiger partial charge >= 0.3 is 0 Å². The van der Waals surface area contributed by atoms with Crippen LogP contribution in [0.25, 0.3) is 0 Å². The Morgan fingerprint density at radius 1 is 0.909 bits per heavy atom. The number of nitrogens with zero attached hydrogens (tertiary/aromatic N) is 5. The maximum absolute atomic E-state index is 13.1. The molecule has 2 aliphatic carbocycles. The molecule has 1 saturated carbocycles. The van der Waals surface area contributed by atoms with Crippen LogP contribution < -0.4 is 14.7 Å². The fourth-order valence-electron chi connectivity index (χ4n) is 5.94. The lowest BCUT2D eigenvalue weighted by molar-refractivity contribution is -0.384. The highest BCUT2D eigenvalue weighted by Crippen LogP contribution is 2.53. The molecular formula is C24H23N5O4. The van der Waals surface area contributed by atoms with Gasteiger partial charge in [-0.3, -0.25) is 19.7 Å². The molecule has 3 fully saturated rings. The van der Waals surface area contributed by atoms with Gasteiger partial charge < -0.3 is 9.80 Å². The van der Waals surface area contributed by atoms with E-state index < -0.39 is 4.92 Å². The number of amides is 2. The van der Waals surface area contributed by atoms with Crippen molar-refractivity contribution < 1.29 is 14.5 Å². The summed E-state index contributed by atoms with van der Waals surface area (Å²) >= 11 is 0. The predicted molar refractivity (Wildman–Crippen MR) is 122 cm³/mol. The number of aromatic nitrogens is 1. The Hall–Kier alpha value is -3.75. The van der Waals surface area contributed by atoms with Gasteiger partial charge in [0, 0.05) is 38.4 Å². The Morgan fingerprint density at radius 3 is 2.18 bits per heavy atom. The zero-order valence-electron chi connectivity index (χ0n) is 17.9. The number of piperazine rings is 1. The maximum Gasteiger partial charge on any atom is 0.294 e. The molecule has 0 spiro atoms. The van der Waals surface area contributed by atoms with Gasteiger partial charge in [-0.2, -0.15) is 0 Å². The number of imide groups is 1. The first kappa shape index (κ1) is 19.9. The van der Waals surface area contributed by atoms with Crippen LogP contribution in [0.1, 0.15) is 6.42 Å². The highest BCUT2D eigenvalue weighted by molar-refractivity contribution is 6.23. The summed E-state index contributed by atoms with van der Waals surface area (Å²) < 4.78 is 0. The number of nitro benzene ring substituents is 1. The van der Waals surface area contributed by atoms with Gasteiger partial charge in [0.1, 0.15) is 11.5 Å². The monoisotopic (exact) mass is 445 g/mol. The number of pyridine rings is 1. The number of hydrogen-bond acceptors (Lipinski definition) is 7. The molecular weight excluding hydrogens is 422 g/mol. The third-order valence-electron chi connectivity index (χ3n) is 7.48. The van der Waals surface area contributed by atoms with Gasteiger partial charge in [0.25, 0.3) is 5.69 Å². The van der Waals surface area contributed by atoms with E-state index in [-0.39, 0.29) is 41.2 Å². The molecule has 6 rings (SSSR count). The van der Waals surface area contributed by atoms with Gasteiger partial charge in [0.05, 0.1) is 22.4 Å². The topological polar surface area (TPSA) is 99.9 Å². The SMILES string of the molecule is O=C1[C@@H]2[C@@H](C(=O)N1c1ccc(N3CCN(c4ccccn4)CC3)c([N+](=O)[O-])c1)[C@H]1C=C[C@H]2C1. The molecule has 4 aliphatic rings. The lowest BCUT2D eigenvalue weighted by Gasteiger charge is -2.36. The molecule has 4 atom stereocenters. The molecule has 2 saturated heterocycles. The Balaban J connectivity index is 1.25. The normalized spacial score (nSPS) is 28.1. The molecule has 2 aromatic rings. The fraction of sp³-hybridized carbons (Fsp3) is 0.375. The lowest BCUT2D eigenvalue weighted by atomic mass is 9.85. The van der Waals surface area contributed by atoms with E-state index in [2.05, 4.69) is 9.88 Å². The van der Waals surface area contributed by atoms with Crippen molar-refractivity contribution in [3.05, 3.63) is 64.9 Å². The van der Waals surface area contributed by atoms with Crippen LogP contribution in [0.5, 0.6) is 0 Å². The molecule has 0 unspecified atom stereocenters. The minimum Gasteiger partial charge on any atom is -0.362 e. The molecule has 33 heavy (non-hydrogen) atoms. The van der Waals surface area contributed by atoms with E-state index in [0.717, 1.165) is 12.2 Å². The largest absolute Gasteiger partial charge is 0.362 e. The molecule has 1 aromatic carbocycles. The minimum atomic E-state index is -0.430. The second-order valence-electron chi connectivity index (χ2n) is 9.10. The summed E-state index contributed by atoms with van der Waals surface area (Å²) in [5.74, 6) is -0.0168. The van der Waals surface area contributed by atoms with E-state index in [1.807, 2.05) is 35.3 Å². The summed E-state index contributed by atoms with van der Waals surface area (Å²) in [6, 6.07) is 10.5. The summed E-state index contributed by atoms with van der Waals surface area (Å²) in [6.45, 7) is 2.60. The van der Waals surface area contributed by atoms with E-state index in [4.69, 9.17) is 0 Å². The average molecular weight is 445 g/mol. The van der Waals surface area contributed by atoms with Crippen molar-refractivity contribution in [2.24, 2.45) is 23.7 Å². The van der Waals surface area contributed by atoms with Crippen LogP contribution in [0.2, 0.25) is 0 Å². The molecule has 0 radical (unpaired) electrons. The first-order chi connectivity index (χ1) is 16.0. The standard InChI is InChI=1S/C24H23N5O4/c30-23-21-15-4-5-16(13-15)22(21)24(31)28(23)17-6-7-18(19(14-17)29(32)33)26-9-11-27(12-10-26)20-3-1-2-8-25-20/h1-8,14-16,21-22H,9-13H2/t15-,16-,21-,22-/m0/s1. The molecule has 9 nitrogen and oxygen atoms in total. The van der Waals surface area contributed by atoms with Crippen molar-refractivity contribution in [1.82, 2.24) is 4.98 Å². The fourth-order valence-corrected chi connectivity index (χ4v) is 5.94. The second kappa shape index (κ2) is 7.40. The van der Waals surface area contributed by atoms with Gasteiger partial charge in [0.2, 0.25) is 11.8 Å². The van der Waals surface area contributed by atoms with Crippen LogP contribution in [-0.2, 0) is 9.59 Å². The Bertz CT molecular complexity index is 1140. The van der Waals surface area contributed by atoms with Crippen molar-refractivity contribution in [1.29, 1.82) is 0 Å². The molecule has 2 aliphatic heterocycles. The number of fused-ring (bicyclic) bond motifs is 5. The molecule has 2 bridgehead atoms. The number of carbonyl (C=O) groups is 2. The maximum atomic E-state index is 13.1. The predicted octanol–water partition coefficient (Wildman–Crippen LogP) is 2.63. The molecule has 9 heteroatoms. The van der Waals surface area contributed by atoms with E-state index >= 15 is 0 Å². The summed E-state index contributed by atoms with van der Waals surface area (Å²) in [6.07, 6.45) is 6.68. The van der Waals surface area contributed by atoms with Crippen molar-refractivity contribution in [2.75, 3.05) is 40.9 Å². The molecule has 1 aromatic heterocycles. The highest BCUT2D eigenvalue weighted by atomic mass is 16.6. The van der Waals surface area contributed by atoms with Crippen LogP contribution in [0.15, 0.2) is 54.7 Å². The van der Waals surface area contributed by atoms with Crippen molar-refractivity contribution in [3.63, 3.8) is 0 Å². The number of anilines is 3. The molecule has 0 N–H and O–H groups in total. The van der Waals surface area contributed by atoms with E-state index in [9.17, 15) is 19.7 Å². The third kappa shape index (κ3) is 3.02. The minimum absolute atomic E-state index is 0.0856. The first-order valence-corrected chi connectivity index (χ1v) is 11.3. The Labute approximate surface area is 190 Å². The van der Waals surface area contributed by atoms with Gasteiger partial charge in [-0.25, -0.2) is 9.88 Å². The van der Waals surface area contributed by atoms with E-state index in [1.165, 1.54) is 11.0 Å². The Morgan fingerprint density at radius 2 is 1.58 bits per heavy atom. The van der Waals surface area contributed by atoms with Crippen molar-refractivity contribution in [2.45, 2.75) is 6.42 Å². The number of hydrogen-bond donors (Lipinski definition) is 0. The molecule has 168 valence electrons. The molecule has 2 amide bonds. The number of rotatable bonds is 4. The highest BCUT2D eigenvalue weighted by Gasteiger charge is 2.59.